The van der Waals surface area contributed by atoms with Crippen molar-refractivity contribution < 1.29 is 4.79 Å². The summed E-state index contributed by atoms with van der Waals surface area (Å²) >= 11 is 0. The number of rotatable bonds is 5. The SMILES string of the molecule is C#CCCC1(CCC(=O)N2CCC3(CN(C)C3)C2)N=N1. The molecular formula is C15H22N4O. The Kier molecular flexibility index (Phi) is 3.29. The Morgan fingerprint density at radius 3 is 2.65 bits per heavy atom. The van der Waals surface area contributed by atoms with Crippen LogP contribution in [0.25, 0.3) is 0 Å². The zero-order chi connectivity index (χ0) is 14.2. The van der Waals surface area contributed by atoms with E-state index in [-0.39, 0.29) is 11.6 Å². The van der Waals surface area contributed by atoms with Gasteiger partial charge in [-0.3, -0.25) is 4.79 Å². The second kappa shape index (κ2) is 4.85. The van der Waals surface area contributed by atoms with Crippen molar-refractivity contribution in [3.63, 3.8) is 0 Å². The average molecular weight is 274 g/mol. The van der Waals surface area contributed by atoms with Crippen molar-refractivity contribution in [3.05, 3.63) is 0 Å². The third kappa shape index (κ3) is 2.57. The second-order valence-corrected chi connectivity index (χ2v) is 6.62. The van der Waals surface area contributed by atoms with Gasteiger partial charge in [-0.25, -0.2) is 0 Å². The summed E-state index contributed by atoms with van der Waals surface area (Å²) in [6.45, 7) is 4.11. The van der Waals surface area contributed by atoms with Gasteiger partial charge >= 0.3 is 0 Å². The molecule has 0 unspecified atom stereocenters. The third-order valence-electron chi connectivity index (χ3n) is 4.79. The van der Waals surface area contributed by atoms with Gasteiger partial charge < -0.3 is 9.80 Å². The summed E-state index contributed by atoms with van der Waals surface area (Å²) in [4.78, 5) is 16.6. The van der Waals surface area contributed by atoms with E-state index in [0.717, 1.165) is 45.4 Å². The van der Waals surface area contributed by atoms with Gasteiger partial charge in [-0.15, -0.1) is 12.3 Å². The summed E-state index contributed by atoms with van der Waals surface area (Å²) in [7, 11) is 2.14. The van der Waals surface area contributed by atoms with Crippen LogP contribution >= 0.6 is 0 Å². The van der Waals surface area contributed by atoms with Crippen LogP contribution in [0.3, 0.4) is 0 Å². The fourth-order valence-electron chi connectivity index (χ4n) is 3.64. The standard InChI is InChI=1S/C15H22N4O/c1-3-4-6-15(16-17-15)7-5-13(20)19-9-8-14(12-19)10-18(2)11-14/h1H,4-12H2,2H3. The van der Waals surface area contributed by atoms with Crippen LogP contribution in [-0.2, 0) is 4.79 Å². The van der Waals surface area contributed by atoms with Gasteiger partial charge in [-0.1, -0.05) is 0 Å². The Balaban J connectivity index is 1.43. The first-order valence-corrected chi connectivity index (χ1v) is 7.40. The highest BCUT2D eigenvalue weighted by Crippen LogP contribution is 2.40. The lowest BCUT2D eigenvalue weighted by Gasteiger charge is -2.46. The molecule has 0 atom stereocenters. The van der Waals surface area contributed by atoms with E-state index < -0.39 is 0 Å². The molecule has 0 N–H and O–H groups in total. The van der Waals surface area contributed by atoms with Crippen LogP contribution in [0.5, 0.6) is 0 Å². The topological polar surface area (TPSA) is 48.3 Å². The fraction of sp³-hybridized carbons (Fsp3) is 0.800. The maximum absolute atomic E-state index is 12.3. The van der Waals surface area contributed by atoms with E-state index in [4.69, 9.17) is 6.42 Å². The lowest BCUT2D eigenvalue weighted by atomic mass is 9.79. The minimum absolute atomic E-state index is 0.258. The van der Waals surface area contributed by atoms with Crippen molar-refractivity contribution in [1.29, 1.82) is 0 Å². The first-order valence-electron chi connectivity index (χ1n) is 7.40. The van der Waals surface area contributed by atoms with E-state index in [1.165, 1.54) is 0 Å². The first-order chi connectivity index (χ1) is 9.56. The van der Waals surface area contributed by atoms with Crippen molar-refractivity contribution in [3.8, 4) is 12.3 Å². The molecule has 3 aliphatic rings. The molecule has 2 fully saturated rings. The fourth-order valence-corrected chi connectivity index (χ4v) is 3.64. The van der Waals surface area contributed by atoms with E-state index in [1.807, 2.05) is 4.90 Å². The lowest BCUT2D eigenvalue weighted by molar-refractivity contribution is -0.131. The monoisotopic (exact) mass is 274 g/mol. The van der Waals surface area contributed by atoms with E-state index in [0.29, 0.717) is 18.3 Å². The zero-order valence-electron chi connectivity index (χ0n) is 12.1. The molecular weight excluding hydrogens is 252 g/mol. The largest absolute Gasteiger partial charge is 0.342 e. The van der Waals surface area contributed by atoms with Crippen LogP contribution in [0, 0.1) is 17.8 Å². The quantitative estimate of drug-likeness (QED) is 0.713. The normalized spacial score (nSPS) is 25.5. The minimum Gasteiger partial charge on any atom is -0.342 e. The highest BCUT2D eigenvalue weighted by molar-refractivity contribution is 5.76. The highest BCUT2D eigenvalue weighted by Gasteiger charge is 2.47. The number of terminal acetylenes is 1. The Labute approximate surface area is 120 Å². The molecule has 1 amide bonds. The molecule has 5 heteroatoms. The van der Waals surface area contributed by atoms with Gasteiger partial charge in [0.15, 0.2) is 5.66 Å². The minimum atomic E-state index is -0.323. The molecule has 1 spiro atoms. The predicted octanol–water partition coefficient (Wildman–Crippen LogP) is 1.51. The van der Waals surface area contributed by atoms with Gasteiger partial charge in [-0.05, 0) is 13.5 Å². The molecule has 0 aromatic heterocycles. The summed E-state index contributed by atoms with van der Waals surface area (Å²) in [6, 6.07) is 0. The van der Waals surface area contributed by atoms with Crippen molar-refractivity contribution in [2.24, 2.45) is 15.6 Å². The number of hydrogen-bond donors (Lipinski definition) is 0. The van der Waals surface area contributed by atoms with E-state index in [1.54, 1.807) is 0 Å². The van der Waals surface area contributed by atoms with Gasteiger partial charge in [0.05, 0.1) is 0 Å². The molecule has 0 aromatic carbocycles. The van der Waals surface area contributed by atoms with Crippen LogP contribution in [0.2, 0.25) is 0 Å². The number of amides is 1. The van der Waals surface area contributed by atoms with E-state index >= 15 is 0 Å². The van der Waals surface area contributed by atoms with Crippen LogP contribution in [0.1, 0.15) is 32.1 Å². The zero-order valence-corrected chi connectivity index (χ0v) is 12.1. The van der Waals surface area contributed by atoms with Crippen molar-refractivity contribution in [2.45, 2.75) is 37.8 Å². The Morgan fingerprint density at radius 2 is 2.05 bits per heavy atom. The summed E-state index contributed by atoms with van der Waals surface area (Å²) in [5, 5.41) is 8.18. The molecule has 3 aliphatic heterocycles. The van der Waals surface area contributed by atoms with Crippen molar-refractivity contribution in [1.82, 2.24) is 9.80 Å². The van der Waals surface area contributed by atoms with Gasteiger partial charge in [0.25, 0.3) is 0 Å². The number of likely N-dealkylation sites (tertiary alicyclic amines) is 2. The van der Waals surface area contributed by atoms with Crippen LogP contribution in [0.15, 0.2) is 10.2 Å². The van der Waals surface area contributed by atoms with E-state index in [9.17, 15) is 4.79 Å². The van der Waals surface area contributed by atoms with Crippen LogP contribution < -0.4 is 0 Å². The summed E-state index contributed by atoms with van der Waals surface area (Å²) in [5.74, 6) is 2.87. The second-order valence-electron chi connectivity index (χ2n) is 6.62. The van der Waals surface area contributed by atoms with Gasteiger partial charge in [-0.2, -0.15) is 10.2 Å². The Morgan fingerprint density at radius 1 is 1.30 bits per heavy atom. The van der Waals surface area contributed by atoms with Gasteiger partial charge in [0.2, 0.25) is 5.91 Å². The van der Waals surface area contributed by atoms with Crippen LogP contribution in [-0.4, -0.2) is 54.6 Å². The first kappa shape index (κ1) is 13.6. The number of nitrogens with zero attached hydrogens (tertiary/aromatic N) is 4. The maximum atomic E-state index is 12.3. The molecule has 0 radical (unpaired) electrons. The molecule has 108 valence electrons. The molecule has 0 aliphatic carbocycles. The third-order valence-corrected chi connectivity index (χ3v) is 4.79. The summed E-state index contributed by atoms with van der Waals surface area (Å²) in [5.41, 5.74) is 0.0655. The van der Waals surface area contributed by atoms with Crippen molar-refractivity contribution in [2.75, 3.05) is 33.2 Å². The van der Waals surface area contributed by atoms with Crippen LogP contribution in [0.4, 0.5) is 0 Å². The predicted molar refractivity (Wildman–Crippen MR) is 76.0 cm³/mol. The molecule has 5 nitrogen and oxygen atoms in total. The van der Waals surface area contributed by atoms with Crippen molar-refractivity contribution >= 4 is 5.91 Å². The van der Waals surface area contributed by atoms with Gasteiger partial charge in [0, 0.05) is 57.3 Å². The molecule has 0 aromatic rings. The Bertz CT molecular complexity index is 467. The molecule has 2 saturated heterocycles. The molecule has 3 heterocycles. The Hall–Kier alpha value is -1.41. The average Bonchev–Trinajstić information content (AvgIpc) is 3.04. The number of carbonyl (C=O) groups excluding carboxylic acids is 1. The maximum Gasteiger partial charge on any atom is 0.222 e. The van der Waals surface area contributed by atoms with Gasteiger partial charge in [0.1, 0.15) is 0 Å². The summed E-state index contributed by atoms with van der Waals surface area (Å²) in [6.07, 6.45) is 9.15. The molecule has 20 heavy (non-hydrogen) atoms. The molecule has 0 saturated carbocycles. The lowest BCUT2D eigenvalue weighted by Crippen LogP contribution is -2.55. The molecule has 3 rings (SSSR count). The smallest absolute Gasteiger partial charge is 0.222 e. The highest BCUT2D eigenvalue weighted by atomic mass is 16.2. The number of hydrogen-bond acceptors (Lipinski definition) is 4. The molecule has 0 bridgehead atoms. The summed E-state index contributed by atoms with van der Waals surface area (Å²) < 4.78 is 0. The number of carbonyl (C=O) groups is 1. The van der Waals surface area contributed by atoms with E-state index in [2.05, 4.69) is 28.1 Å².